The van der Waals surface area contributed by atoms with Gasteiger partial charge in [0.05, 0.1) is 20.6 Å². The van der Waals surface area contributed by atoms with Crippen molar-refractivity contribution in [2.45, 2.75) is 19.0 Å². The van der Waals surface area contributed by atoms with Gasteiger partial charge < -0.3 is 19.9 Å². The summed E-state index contributed by atoms with van der Waals surface area (Å²) in [6.07, 6.45) is -4.20. The number of rotatable bonds is 7. The predicted octanol–water partition coefficient (Wildman–Crippen LogP) is 5.11. The molecule has 12 heteroatoms. The number of fused-ring (bicyclic) bond motifs is 1. The van der Waals surface area contributed by atoms with E-state index in [1.54, 1.807) is 14.2 Å². The van der Waals surface area contributed by atoms with Crippen LogP contribution in [0.4, 0.5) is 18.3 Å². The molecule has 0 aliphatic heterocycles. The van der Waals surface area contributed by atoms with E-state index < -0.39 is 12.1 Å². The Bertz CT molecular complexity index is 1390. The van der Waals surface area contributed by atoms with Crippen LogP contribution >= 0.6 is 11.3 Å². The normalized spacial score (nSPS) is 10.8. The molecule has 2 N–H and O–H groups in total. The minimum atomic E-state index is -5.08. The number of ether oxygens (including phenoxy) is 2. The van der Waals surface area contributed by atoms with E-state index in [4.69, 9.17) is 19.4 Å². The van der Waals surface area contributed by atoms with Crippen LogP contribution in [0, 0.1) is 0 Å². The van der Waals surface area contributed by atoms with Crippen LogP contribution in [0.15, 0.2) is 60.7 Å². The molecule has 4 rings (SSSR count). The van der Waals surface area contributed by atoms with Crippen molar-refractivity contribution < 1.29 is 37.3 Å². The van der Waals surface area contributed by atoms with Crippen LogP contribution in [0.1, 0.15) is 16.1 Å². The maximum absolute atomic E-state index is 12.4. The van der Waals surface area contributed by atoms with Gasteiger partial charge in [-0.15, -0.1) is 10.2 Å². The molecule has 1 heterocycles. The summed E-state index contributed by atoms with van der Waals surface area (Å²) in [5.74, 6) is -1.52. The van der Waals surface area contributed by atoms with Gasteiger partial charge in [-0.3, -0.25) is 4.79 Å². The monoisotopic (exact) mass is 533 g/mol. The Morgan fingerprint density at radius 3 is 2.22 bits per heavy atom. The van der Waals surface area contributed by atoms with E-state index in [1.807, 2.05) is 54.6 Å². The van der Waals surface area contributed by atoms with Crippen LogP contribution in [0.2, 0.25) is 0 Å². The number of hydrogen-bond acceptors (Lipinski definition) is 7. The second-order valence-electron chi connectivity index (χ2n) is 7.58. The van der Waals surface area contributed by atoms with Crippen LogP contribution in [-0.2, 0) is 22.4 Å². The summed E-state index contributed by atoms with van der Waals surface area (Å²) in [7, 11) is 3.21. The number of carboxylic acids is 1. The zero-order valence-corrected chi connectivity index (χ0v) is 20.5. The van der Waals surface area contributed by atoms with E-state index in [2.05, 4.69) is 21.6 Å². The maximum Gasteiger partial charge on any atom is 0.490 e. The molecule has 0 aliphatic carbocycles. The summed E-state index contributed by atoms with van der Waals surface area (Å²) in [6, 6.07) is 19.9. The van der Waals surface area contributed by atoms with E-state index in [9.17, 15) is 18.0 Å². The third kappa shape index (κ3) is 7.90. The number of halogens is 3. The second kappa shape index (κ2) is 12.2. The summed E-state index contributed by atoms with van der Waals surface area (Å²) >= 11 is 1.37. The van der Waals surface area contributed by atoms with Gasteiger partial charge in [-0.1, -0.05) is 59.9 Å². The molecule has 0 bridgehead atoms. The number of amides is 1. The Balaban J connectivity index is 0.000000479. The summed E-state index contributed by atoms with van der Waals surface area (Å²) in [5, 5.41) is 21.8. The molecule has 37 heavy (non-hydrogen) atoms. The Morgan fingerprint density at radius 1 is 0.919 bits per heavy atom. The average molecular weight is 534 g/mol. The topological polar surface area (TPSA) is 111 Å². The molecule has 1 amide bonds. The molecule has 0 atom stereocenters. The Morgan fingerprint density at radius 2 is 1.57 bits per heavy atom. The second-order valence-corrected chi connectivity index (χ2v) is 8.64. The standard InChI is InChI=1S/C23H21N3O3S.C2HF3O2/c1-28-19-10-8-16(12-20(19)29-2)14-22-25-26-23(30-22)24-21(27)13-15-7-9-17-5-3-4-6-18(17)11-15;3-2(4,5)1(6)7/h3-12H,13-14H2,1-2H3,(H,24,26,27);(H,6,7). The lowest BCUT2D eigenvalue weighted by Crippen LogP contribution is -2.21. The molecule has 0 spiro atoms. The van der Waals surface area contributed by atoms with E-state index in [0.717, 1.165) is 26.9 Å². The highest BCUT2D eigenvalue weighted by Gasteiger charge is 2.38. The van der Waals surface area contributed by atoms with Crippen molar-refractivity contribution in [3.05, 3.63) is 76.8 Å². The lowest BCUT2D eigenvalue weighted by molar-refractivity contribution is -0.192. The van der Waals surface area contributed by atoms with E-state index in [-0.39, 0.29) is 12.3 Å². The Kier molecular flexibility index (Phi) is 9.01. The third-order valence-electron chi connectivity index (χ3n) is 4.94. The molecule has 8 nitrogen and oxygen atoms in total. The van der Waals surface area contributed by atoms with Crippen LogP contribution < -0.4 is 14.8 Å². The average Bonchev–Trinajstić information content (AvgIpc) is 3.29. The van der Waals surface area contributed by atoms with Crippen molar-refractivity contribution in [1.82, 2.24) is 10.2 Å². The third-order valence-corrected chi connectivity index (χ3v) is 5.78. The first-order valence-electron chi connectivity index (χ1n) is 10.7. The summed E-state index contributed by atoms with van der Waals surface area (Å²) in [5.41, 5.74) is 1.99. The predicted molar refractivity (Wildman–Crippen MR) is 132 cm³/mol. The molecular weight excluding hydrogens is 511 g/mol. The van der Waals surface area contributed by atoms with E-state index in [1.165, 1.54) is 11.3 Å². The fourth-order valence-electron chi connectivity index (χ4n) is 3.24. The van der Waals surface area contributed by atoms with Gasteiger partial charge in [0.25, 0.3) is 0 Å². The molecule has 0 unspecified atom stereocenters. The Hall–Kier alpha value is -4.19. The van der Waals surface area contributed by atoms with E-state index >= 15 is 0 Å². The lowest BCUT2D eigenvalue weighted by Gasteiger charge is -2.08. The van der Waals surface area contributed by atoms with E-state index in [0.29, 0.717) is 23.1 Å². The molecular formula is C25H22F3N3O5S. The minimum Gasteiger partial charge on any atom is -0.493 e. The Labute approximate surface area is 213 Å². The SMILES string of the molecule is COc1ccc(Cc2nnc(NC(=O)Cc3ccc4ccccc4c3)s2)cc1OC.O=C(O)C(F)(F)F. The largest absolute Gasteiger partial charge is 0.493 e. The number of carboxylic acid groups (broad SMARTS) is 1. The van der Waals surface area contributed by atoms with Crippen LogP contribution in [0.25, 0.3) is 10.8 Å². The number of hydrogen-bond donors (Lipinski definition) is 2. The molecule has 0 fully saturated rings. The molecule has 0 saturated carbocycles. The van der Waals surface area contributed by atoms with Crippen molar-refractivity contribution in [3.63, 3.8) is 0 Å². The first kappa shape index (κ1) is 27.4. The smallest absolute Gasteiger partial charge is 0.490 e. The van der Waals surface area contributed by atoms with Gasteiger partial charge in [0.15, 0.2) is 11.5 Å². The van der Waals surface area contributed by atoms with Gasteiger partial charge in [-0.2, -0.15) is 13.2 Å². The quantitative estimate of drug-likeness (QED) is 0.340. The van der Waals surface area contributed by atoms with Gasteiger partial charge in [0, 0.05) is 6.42 Å². The number of carbonyl (C=O) groups excluding carboxylic acids is 1. The number of anilines is 1. The van der Waals surface area contributed by atoms with Crippen molar-refractivity contribution in [2.75, 3.05) is 19.5 Å². The van der Waals surface area contributed by atoms with Crippen molar-refractivity contribution in [1.29, 1.82) is 0 Å². The number of benzene rings is 3. The fraction of sp³-hybridized carbons (Fsp3) is 0.200. The van der Waals surface area contributed by atoms with Crippen LogP contribution in [-0.4, -0.2) is 47.6 Å². The number of alkyl halides is 3. The van der Waals surface area contributed by atoms with Gasteiger partial charge in [-0.25, -0.2) is 4.79 Å². The highest BCUT2D eigenvalue weighted by Crippen LogP contribution is 2.29. The van der Waals surface area contributed by atoms with Crippen molar-refractivity contribution in [2.24, 2.45) is 0 Å². The van der Waals surface area contributed by atoms with Crippen molar-refractivity contribution in [3.8, 4) is 11.5 Å². The number of aliphatic carboxylic acids is 1. The fourth-order valence-corrected chi connectivity index (χ4v) is 4.03. The molecule has 0 radical (unpaired) electrons. The molecule has 3 aromatic carbocycles. The van der Waals surface area contributed by atoms with Gasteiger partial charge in [-0.05, 0) is 34.0 Å². The lowest BCUT2D eigenvalue weighted by atomic mass is 10.1. The number of nitrogens with zero attached hydrogens (tertiary/aromatic N) is 2. The number of nitrogens with one attached hydrogen (secondary N) is 1. The first-order chi connectivity index (χ1) is 17.6. The molecule has 0 aliphatic rings. The minimum absolute atomic E-state index is 0.112. The van der Waals surface area contributed by atoms with Crippen LogP contribution in [0.3, 0.4) is 0 Å². The number of carbonyl (C=O) groups is 2. The highest BCUT2D eigenvalue weighted by atomic mass is 32.1. The van der Waals surface area contributed by atoms with Gasteiger partial charge in [0.1, 0.15) is 5.01 Å². The highest BCUT2D eigenvalue weighted by molar-refractivity contribution is 7.15. The molecule has 1 aromatic heterocycles. The summed E-state index contributed by atoms with van der Waals surface area (Å²) in [4.78, 5) is 21.3. The van der Waals surface area contributed by atoms with Gasteiger partial charge in [0.2, 0.25) is 11.0 Å². The van der Waals surface area contributed by atoms with Gasteiger partial charge >= 0.3 is 12.1 Å². The first-order valence-corrected chi connectivity index (χ1v) is 11.5. The van der Waals surface area contributed by atoms with Crippen molar-refractivity contribution >= 4 is 39.1 Å². The molecule has 4 aromatic rings. The zero-order valence-electron chi connectivity index (χ0n) is 19.7. The molecule has 194 valence electrons. The summed E-state index contributed by atoms with van der Waals surface area (Å²) < 4.78 is 42.3. The number of methoxy groups -OCH3 is 2. The molecule has 0 saturated heterocycles. The maximum atomic E-state index is 12.4. The summed E-state index contributed by atoms with van der Waals surface area (Å²) in [6.45, 7) is 0. The zero-order chi connectivity index (χ0) is 27.0. The van der Waals surface area contributed by atoms with Crippen LogP contribution in [0.5, 0.6) is 11.5 Å². The number of aromatic nitrogens is 2.